The third-order valence-electron chi connectivity index (χ3n) is 8.28. The number of carbonyl (C=O) groups excluding carboxylic acids is 3. The van der Waals surface area contributed by atoms with E-state index in [0.717, 1.165) is 19.3 Å². The number of fused-ring (bicyclic) bond motifs is 2. The summed E-state index contributed by atoms with van der Waals surface area (Å²) in [6.45, 7) is 12.5. The Morgan fingerprint density at radius 3 is 2.25 bits per heavy atom. The number of amides is 3. The van der Waals surface area contributed by atoms with Gasteiger partial charge >= 0.3 is 0 Å². The molecule has 0 radical (unpaired) electrons. The van der Waals surface area contributed by atoms with Crippen LogP contribution >= 0.6 is 11.8 Å². The normalized spacial score (nSPS) is 34.7. The first-order chi connectivity index (χ1) is 17.1. The van der Waals surface area contributed by atoms with Crippen LogP contribution in [0.5, 0.6) is 0 Å². The van der Waals surface area contributed by atoms with E-state index in [1.807, 2.05) is 15.9 Å². The predicted molar refractivity (Wildman–Crippen MR) is 143 cm³/mol. The van der Waals surface area contributed by atoms with Crippen molar-refractivity contribution in [1.82, 2.24) is 14.7 Å². The number of rotatable bonds is 9. The van der Waals surface area contributed by atoms with E-state index in [0.29, 0.717) is 32.6 Å². The van der Waals surface area contributed by atoms with Crippen molar-refractivity contribution < 1.29 is 19.5 Å². The van der Waals surface area contributed by atoms with Crippen molar-refractivity contribution in [2.24, 2.45) is 17.8 Å². The molecule has 200 valence electrons. The Balaban J connectivity index is 1.86. The summed E-state index contributed by atoms with van der Waals surface area (Å²) >= 11 is 1.62. The maximum atomic E-state index is 14.4. The van der Waals surface area contributed by atoms with Gasteiger partial charge in [0.1, 0.15) is 6.04 Å². The minimum atomic E-state index is -0.839. The van der Waals surface area contributed by atoms with Crippen LogP contribution in [0.1, 0.15) is 60.3 Å². The van der Waals surface area contributed by atoms with Crippen molar-refractivity contribution in [3.05, 3.63) is 24.3 Å². The van der Waals surface area contributed by atoms with Crippen LogP contribution in [0.3, 0.4) is 0 Å². The number of nitrogens with zero attached hydrogens (tertiary/aromatic N) is 3. The van der Waals surface area contributed by atoms with Crippen molar-refractivity contribution in [1.29, 1.82) is 0 Å². The van der Waals surface area contributed by atoms with Gasteiger partial charge in [0.05, 0.1) is 29.2 Å². The minimum Gasteiger partial charge on any atom is -0.394 e. The van der Waals surface area contributed by atoms with E-state index in [1.165, 1.54) is 0 Å². The highest BCUT2D eigenvalue weighted by Crippen LogP contribution is 2.65. The van der Waals surface area contributed by atoms with Crippen LogP contribution in [0.4, 0.5) is 0 Å². The molecule has 7 nitrogen and oxygen atoms in total. The fourth-order valence-electron chi connectivity index (χ4n) is 6.79. The molecular weight excluding hydrogens is 474 g/mol. The summed E-state index contributed by atoms with van der Waals surface area (Å²) in [6.07, 6.45) is 11.6. The van der Waals surface area contributed by atoms with E-state index in [1.54, 1.807) is 16.7 Å². The van der Waals surface area contributed by atoms with Gasteiger partial charge in [0.15, 0.2) is 0 Å². The van der Waals surface area contributed by atoms with E-state index < -0.39 is 33.4 Å². The predicted octanol–water partition coefficient (Wildman–Crippen LogP) is 3.09. The first-order valence-corrected chi connectivity index (χ1v) is 14.5. The second-order valence-electron chi connectivity index (χ2n) is 11.4. The molecular formula is C28H43N3O4S. The smallest absolute Gasteiger partial charge is 0.247 e. The standard InChI is InChI=1S/C28H43N3O4S/c1-6-8-14-30-16-10-12-28-22(21-24(33)29(13-7-2)15-9-11-27(21,5)36-28)25(34)31(23(28)26(30)35)20(18-32)17-19(3)4/h9-12,19-23,32H,6-8,13-18H2,1-5H3/t20-,21-,22+,23?,27+,28+/m1/s1. The van der Waals surface area contributed by atoms with E-state index in [9.17, 15) is 19.5 Å². The van der Waals surface area contributed by atoms with E-state index >= 15 is 0 Å². The van der Waals surface area contributed by atoms with Crippen molar-refractivity contribution >= 4 is 29.5 Å². The van der Waals surface area contributed by atoms with Crippen LogP contribution in [-0.2, 0) is 14.4 Å². The van der Waals surface area contributed by atoms with Gasteiger partial charge < -0.3 is 19.8 Å². The Labute approximate surface area is 220 Å². The molecule has 36 heavy (non-hydrogen) atoms. The first kappa shape index (κ1) is 27.2. The van der Waals surface area contributed by atoms with Crippen molar-refractivity contribution in [2.45, 2.75) is 81.9 Å². The van der Waals surface area contributed by atoms with Gasteiger partial charge in [-0.1, -0.05) is 58.4 Å². The largest absolute Gasteiger partial charge is 0.394 e. The molecule has 4 aliphatic heterocycles. The maximum Gasteiger partial charge on any atom is 0.247 e. The molecule has 0 aromatic carbocycles. The minimum absolute atomic E-state index is 0.00465. The van der Waals surface area contributed by atoms with E-state index in [-0.39, 0.29) is 30.2 Å². The number of hydrogen-bond acceptors (Lipinski definition) is 5. The fourth-order valence-corrected chi connectivity index (χ4v) is 8.94. The highest BCUT2D eigenvalue weighted by Gasteiger charge is 2.74. The summed E-state index contributed by atoms with van der Waals surface area (Å²) in [5.41, 5.74) is 0. The van der Waals surface area contributed by atoms with Gasteiger partial charge in [-0.3, -0.25) is 14.4 Å². The average Bonchev–Trinajstić information content (AvgIpc) is 3.11. The lowest BCUT2D eigenvalue weighted by Crippen LogP contribution is -2.57. The number of carbonyl (C=O) groups is 3. The second-order valence-corrected chi connectivity index (χ2v) is 13.2. The average molecular weight is 518 g/mol. The zero-order valence-electron chi connectivity index (χ0n) is 22.5. The molecule has 0 aliphatic carbocycles. The zero-order chi connectivity index (χ0) is 26.3. The topological polar surface area (TPSA) is 81.2 Å². The van der Waals surface area contributed by atoms with E-state index in [4.69, 9.17) is 0 Å². The van der Waals surface area contributed by atoms with Gasteiger partial charge in [0.2, 0.25) is 17.7 Å². The van der Waals surface area contributed by atoms with Gasteiger partial charge in [-0.05, 0) is 32.1 Å². The number of thioether (sulfide) groups is 1. The number of unbranched alkanes of at least 4 members (excludes halogenated alkanes) is 1. The number of likely N-dealkylation sites (tertiary alicyclic amines) is 1. The first-order valence-electron chi connectivity index (χ1n) is 13.7. The molecule has 6 atom stereocenters. The molecule has 3 amide bonds. The Morgan fingerprint density at radius 2 is 1.64 bits per heavy atom. The fraction of sp³-hybridized carbons (Fsp3) is 0.750. The SMILES string of the molecule is CCCCN1CC=C[C@]23S[C@@]4(C)C=CCN(CCC)C(=O)[C@H]4[C@H]2C(=O)N([C@@H](CO)CC(C)C)C3C1=O. The summed E-state index contributed by atoms with van der Waals surface area (Å²) in [4.78, 5) is 48.1. The third-order valence-corrected chi connectivity index (χ3v) is 10.1. The van der Waals surface area contributed by atoms with Gasteiger partial charge in [0.25, 0.3) is 0 Å². The lowest BCUT2D eigenvalue weighted by atomic mass is 9.74. The van der Waals surface area contributed by atoms with Crippen LogP contribution in [0.2, 0.25) is 0 Å². The highest BCUT2D eigenvalue weighted by molar-refractivity contribution is 8.02. The van der Waals surface area contributed by atoms with Crippen LogP contribution in [0.15, 0.2) is 24.3 Å². The second kappa shape index (κ2) is 10.5. The molecule has 0 bridgehead atoms. The molecule has 8 heteroatoms. The van der Waals surface area contributed by atoms with Crippen LogP contribution < -0.4 is 0 Å². The summed E-state index contributed by atoms with van der Waals surface area (Å²) in [6, 6.07) is -1.18. The molecule has 1 unspecified atom stereocenters. The molecule has 2 saturated heterocycles. The van der Waals surface area contributed by atoms with Crippen LogP contribution in [0, 0.1) is 17.8 Å². The van der Waals surface area contributed by atoms with Crippen molar-refractivity contribution in [3.8, 4) is 0 Å². The van der Waals surface area contributed by atoms with E-state index in [2.05, 4.69) is 52.8 Å². The molecule has 4 heterocycles. The quantitative estimate of drug-likeness (QED) is 0.476. The van der Waals surface area contributed by atoms with Gasteiger partial charge in [0, 0.05) is 30.9 Å². The third kappa shape index (κ3) is 4.32. The maximum absolute atomic E-state index is 14.4. The summed E-state index contributed by atoms with van der Waals surface area (Å²) in [5.74, 6) is -1.15. The monoisotopic (exact) mass is 517 g/mol. The Hall–Kier alpha value is -1.80. The number of aliphatic hydroxyl groups excluding tert-OH is 1. The van der Waals surface area contributed by atoms with Gasteiger partial charge in [-0.25, -0.2) is 0 Å². The summed E-state index contributed by atoms with van der Waals surface area (Å²) < 4.78 is -1.42. The zero-order valence-corrected chi connectivity index (χ0v) is 23.3. The van der Waals surface area contributed by atoms with Crippen molar-refractivity contribution in [2.75, 3.05) is 32.8 Å². The van der Waals surface area contributed by atoms with Crippen LogP contribution in [-0.4, -0.2) is 91.9 Å². The Bertz CT molecular complexity index is 936. The van der Waals surface area contributed by atoms with Gasteiger partial charge in [-0.15, -0.1) is 11.8 Å². The Kier molecular flexibility index (Phi) is 7.96. The molecule has 2 fully saturated rings. The lowest BCUT2D eigenvalue weighted by molar-refractivity contribution is -0.147. The van der Waals surface area contributed by atoms with Gasteiger partial charge in [-0.2, -0.15) is 0 Å². The summed E-state index contributed by atoms with van der Waals surface area (Å²) in [5, 5.41) is 10.4. The van der Waals surface area contributed by atoms with Crippen LogP contribution in [0.25, 0.3) is 0 Å². The lowest BCUT2D eigenvalue weighted by Gasteiger charge is -2.40. The molecule has 4 rings (SSSR count). The molecule has 0 saturated carbocycles. The molecule has 1 spiro atoms. The highest BCUT2D eigenvalue weighted by atomic mass is 32.2. The Morgan fingerprint density at radius 1 is 0.972 bits per heavy atom. The molecule has 1 N–H and O–H groups in total. The number of hydrogen-bond donors (Lipinski definition) is 1. The van der Waals surface area contributed by atoms with Crippen molar-refractivity contribution in [3.63, 3.8) is 0 Å². The number of aliphatic hydroxyl groups is 1. The molecule has 0 aromatic rings. The summed E-state index contributed by atoms with van der Waals surface area (Å²) in [7, 11) is 0. The molecule has 4 aliphatic rings. The molecule has 0 aromatic heterocycles.